The molecule has 0 aromatic heterocycles. The maximum atomic E-state index is 4.00. The van der Waals surface area contributed by atoms with Crippen LogP contribution in [0, 0.1) is 0 Å². The Bertz CT molecular complexity index is 393. The fourth-order valence-electron chi connectivity index (χ4n) is 1.66. The van der Waals surface area contributed by atoms with E-state index in [1.54, 1.807) is 11.9 Å². The Hall–Kier alpha value is -0.890. The van der Waals surface area contributed by atoms with E-state index in [0.717, 1.165) is 25.0 Å². The number of allylic oxidation sites excluding steroid dienone is 1. The summed E-state index contributed by atoms with van der Waals surface area (Å²) < 4.78 is 3.29. The molecule has 0 saturated carbocycles. The molecule has 0 aliphatic rings. The van der Waals surface area contributed by atoms with Crippen LogP contribution in [0.1, 0.15) is 86.6 Å². The average molecular weight is 338 g/mol. The summed E-state index contributed by atoms with van der Waals surface area (Å²) in [5, 5.41) is 0. The molecule has 1 N–H and O–H groups in total. The molecule has 0 unspecified atom stereocenters. The van der Waals surface area contributed by atoms with Gasteiger partial charge in [-0.3, -0.25) is 0 Å². The van der Waals surface area contributed by atoms with Gasteiger partial charge in [-0.05, 0) is 47.9 Å². The third kappa shape index (κ3) is 11.3. The van der Waals surface area contributed by atoms with Crippen LogP contribution >= 0.6 is 11.9 Å². The summed E-state index contributed by atoms with van der Waals surface area (Å²) in [7, 11) is 0. The zero-order valence-corrected chi connectivity index (χ0v) is 17.6. The van der Waals surface area contributed by atoms with Crippen molar-refractivity contribution in [2.75, 3.05) is 0 Å². The van der Waals surface area contributed by atoms with Gasteiger partial charge in [0.05, 0.1) is 0 Å². The van der Waals surface area contributed by atoms with Crippen molar-refractivity contribution in [1.82, 2.24) is 4.72 Å². The molecule has 2 heteroatoms. The summed E-state index contributed by atoms with van der Waals surface area (Å²) in [5.41, 5.74) is 2.77. The van der Waals surface area contributed by atoms with Gasteiger partial charge in [0.25, 0.3) is 0 Å². The average Bonchev–Trinajstić information content (AvgIpc) is 2.56. The summed E-state index contributed by atoms with van der Waals surface area (Å²) in [4.78, 5) is 1.24. The highest BCUT2D eigenvalue weighted by Gasteiger charge is 2.17. The molecule has 23 heavy (non-hydrogen) atoms. The predicted octanol–water partition coefficient (Wildman–Crippen LogP) is 7.73. The second-order valence-corrected chi connectivity index (χ2v) is 6.91. The lowest BCUT2D eigenvalue weighted by Gasteiger charge is -2.23. The topological polar surface area (TPSA) is 12.0 Å². The van der Waals surface area contributed by atoms with Crippen LogP contribution in [0.4, 0.5) is 0 Å². The highest BCUT2D eigenvalue weighted by atomic mass is 32.2. The maximum absolute atomic E-state index is 4.00. The van der Waals surface area contributed by atoms with E-state index in [2.05, 4.69) is 77.1 Å². The number of benzene rings is 1. The molecule has 0 spiro atoms. The van der Waals surface area contributed by atoms with Gasteiger partial charge >= 0.3 is 0 Å². The molecule has 134 valence electrons. The third-order valence-corrected chi connectivity index (χ3v) is 4.28. The number of nitrogens with one attached hydrogen (secondary N) is 1. The van der Waals surface area contributed by atoms with Gasteiger partial charge in [-0.25, -0.2) is 0 Å². The predicted molar refractivity (Wildman–Crippen MR) is 110 cm³/mol. The van der Waals surface area contributed by atoms with Crippen molar-refractivity contribution in [2.24, 2.45) is 0 Å². The van der Waals surface area contributed by atoms with E-state index in [0.29, 0.717) is 0 Å². The monoisotopic (exact) mass is 337 g/mol. The lowest BCUT2D eigenvalue weighted by molar-refractivity contribution is 0.506. The molecule has 0 heterocycles. The van der Waals surface area contributed by atoms with Crippen LogP contribution in [-0.4, -0.2) is 0 Å². The second-order valence-electron chi connectivity index (χ2n) is 6.03. The summed E-state index contributed by atoms with van der Waals surface area (Å²) >= 11 is 1.65. The quantitative estimate of drug-likeness (QED) is 0.511. The van der Waals surface area contributed by atoms with Gasteiger partial charge in [-0.15, -0.1) is 0 Å². The van der Waals surface area contributed by atoms with E-state index < -0.39 is 0 Å². The minimum Gasteiger partial charge on any atom is -0.330 e. The van der Waals surface area contributed by atoms with Crippen molar-refractivity contribution in [2.45, 2.75) is 91.4 Å². The molecular weight excluding hydrogens is 298 g/mol. The first kappa shape index (κ1) is 24.4. The van der Waals surface area contributed by atoms with Crippen molar-refractivity contribution in [3.63, 3.8) is 0 Å². The molecule has 1 aromatic rings. The molecule has 0 radical (unpaired) electrons. The van der Waals surface area contributed by atoms with Gasteiger partial charge in [0.15, 0.2) is 0 Å². The van der Waals surface area contributed by atoms with Crippen molar-refractivity contribution >= 4 is 11.9 Å². The minimum atomic E-state index is 0.266. The van der Waals surface area contributed by atoms with E-state index in [-0.39, 0.29) is 5.41 Å². The highest BCUT2D eigenvalue weighted by Crippen LogP contribution is 2.28. The Morgan fingerprint density at radius 2 is 1.52 bits per heavy atom. The molecule has 1 aromatic carbocycles. The lowest BCUT2D eigenvalue weighted by Crippen LogP contribution is -2.15. The van der Waals surface area contributed by atoms with Crippen molar-refractivity contribution in [3.05, 3.63) is 42.1 Å². The van der Waals surface area contributed by atoms with E-state index >= 15 is 0 Å². The van der Waals surface area contributed by atoms with Crippen molar-refractivity contribution < 1.29 is 0 Å². The van der Waals surface area contributed by atoms with Crippen LogP contribution in [0.25, 0.3) is 0 Å². The molecule has 0 bridgehead atoms. The number of hydrogen-bond acceptors (Lipinski definition) is 2. The van der Waals surface area contributed by atoms with Gasteiger partial charge in [0, 0.05) is 10.6 Å². The van der Waals surface area contributed by atoms with Crippen LogP contribution in [0.3, 0.4) is 0 Å². The smallest absolute Gasteiger partial charge is 0.0284 e. The Kier molecular flexibility index (Phi) is 15.6. The molecule has 0 fully saturated rings. The molecule has 0 saturated heterocycles. The van der Waals surface area contributed by atoms with Crippen LogP contribution in [0.2, 0.25) is 0 Å². The van der Waals surface area contributed by atoms with Crippen LogP contribution in [0.5, 0.6) is 0 Å². The molecule has 0 aliphatic carbocycles. The summed E-state index contributed by atoms with van der Waals surface area (Å²) in [6, 6.07) is 8.83. The highest BCUT2D eigenvalue weighted by molar-refractivity contribution is 7.97. The van der Waals surface area contributed by atoms with Crippen LogP contribution in [0.15, 0.2) is 41.4 Å². The zero-order valence-electron chi connectivity index (χ0n) is 16.8. The Morgan fingerprint density at radius 1 is 1.04 bits per heavy atom. The standard InChI is InChI=1S/C16H25NS.C3H8.C2H6/c1-6-8-13(3)17-18-15-11-9-14(10-12-15)16(4,5)7-2;1-3-2;1-2/h9-12,17H,3,6-8H2,1-2,4-5H3;3H2,1-2H3;1-2H3. The summed E-state index contributed by atoms with van der Waals surface area (Å²) in [6.45, 7) is 21.2. The van der Waals surface area contributed by atoms with Gasteiger partial charge < -0.3 is 4.72 Å². The second kappa shape index (κ2) is 14.7. The molecule has 0 amide bonds. The van der Waals surface area contributed by atoms with E-state index in [1.165, 1.54) is 16.9 Å². The molecule has 0 atom stereocenters. The summed E-state index contributed by atoms with van der Waals surface area (Å²) in [5.74, 6) is 0. The fraction of sp³-hybridized carbons (Fsp3) is 0.619. The summed E-state index contributed by atoms with van der Waals surface area (Å²) in [6.07, 6.45) is 4.58. The normalized spacial score (nSPS) is 9.91. The molecule has 1 rings (SSSR count). The molecule has 1 nitrogen and oxygen atoms in total. The van der Waals surface area contributed by atoms with Crippen molar-refractivity contribution in [3.8, 4) is 0 Å². The third-order valence-electron chi connectivity index (χ3n) is 3.38. The first-order valence-electron chi connectivity index (χ1n) is 9.12. The van der Waals surface area contributed by atoms with Gasteiger partial charge in [0.1, 0.15) is 0 Å². The lowest BCUT2D eigenvalue weighted by atomic mass is 9.82. The van der Waals surface area contributed by atoms with Gasteiger partial charge in [-0.1, -0.05) is 86.9 Å². The Balaban J connectivity index is 0. The fourth-order valence-corrected chi connectivity index (χ4v) is 2.30. The number of hydrogen-bond donors (Lipinski definition) is 1. The van der Waals surface area contributed by atoms with Crippen LogP contribution < -0.4 is 4.72 Å². The van der Waals surface area contributed by atoms with Gasteiger partial charge in [0.2, 0.25) is 0 Å². The SMILES string of the molecule is C=C(CCC)NSc1ccc(C(C)(C)CC)cc1.CC.CCC. The van der Waals surface area contributed by atoms with Gasteiger partial charge in [-0.2, -0.15) is 0 Å². The zero-order chi connectivity index (χ0) is 18.3. The largest absolute Gasteiger partial charge is 0.330 e. The molecular formula is C21H39NS. The van der Waals surface area contributed by atoms with E-state index in [4.69, 9.17) is 0 Å². The van der Waals surface area contributed by atoms with Crippen LogP contribution in [-0.2, 0) is 5.41 Å². The van der Waals surface area contributed by atoms with E-state index in [9.17, 15) is 0 Å². The maximum Gasteiger partial charge on any atom is 0.0284 e. The minimum absolute atomic E-state index is 0.266. The Morgan fingerprint density at radius 3 is 1.91 bits per heavy atom. The molecule has 0 aliphatic heterocycles. The first-order chi connectivity index (χ1) is 10.9. The first-order valence-corrected chi connectivity index (χ1v) is 9.94. The Labute approximate surface area is 150 Å². The number of rotatable bonds is 7. The van der Waals surface area contributed by atoms with Crippen molar-refractivity contribution in [1.29, 1.82) is 0 Å². The van der Waals surface area contributed by atoms with E-state index in [1.807, 2.05) is 13.8 Å².